The molecule has 0 spiro atoms. The van der Waals surface area contributed by atoms with E-state index in [0.29, 0.717) is 6.07 Å². The molecular weight excluding hydrogens is 318 g/mol. The number of alkyl halides is 6. The van der Waals surface area contributed by atoms with Gasteiger partial charge in [0.25, 0.3) is 0 Å². The molecule has 0 aromatic heterocycles. The summed E-state index contributed by atoms with van der Waals surface area (Å²) in [5.41, 5.74) is -1.80. The van der Waals surface area contributed by atoms with E-state index in [1.54, 1.807) is 0 Å². The molecule has 1 aromatic rings. The van der Waals surface area contributed by atoms with Gasteiger partial charge in [0.05, 0.1) is 0 Å². The van der Waals surface area contributed by atoms with E-state index >= 15 is 0 Å². The Morgan fingerprint density at radius 1 is 1.06 bits per heavy atom. The van der Waals surface area contributed by atoms with Gasteiger partial charge in [-0.3, -0.25) is 0 Å². The van der Waals surface area contributed by atoms with Gasteiger partial charge < -0.3 is 4.74 Å². The Kier molecular flexibility index (Phi) is 3.66. The van der Waals surface area contributed by atoms with Gasteiger partial charge in [-0.05, 0) is 24.6 Å². The smallest absolute Gasteiger partial charge is 0.405 e. The molecule has 0 N–H and O–H groups in total. The van der Waals surface area contributed by atoms with Gasteiger partial charge in [0.15, 0.2) is 0 Å². The first kappa shape index (κ1) is 14.1. The van der Waals surface area contributed by atoms with Crippen LogP contribution in [0.5, 0.6) is 5.75 Å². The summed E-state index contributed by atoms with van der Waals surface area (Å²) in [6.07, 6.45) is -10.1. The largest absolute Gasteiger partial charge is 0.573 e. The second-order valence-corrected chi connectivity index (χ2v) is 3.95. The van der Waals surface area contributed by atoms with Crippen LogP contribution >= 0.6 is 15.9 Å². The van der Waals surface area contributed by atoms with E-state index in [2.05, 4.69) is 20.7 Å². The summed E-state index contributed by atoms with van der Waals surface area (Å²) in [4.78, 5) is 0. The Balaban J connectivity index is 3.36. The maximum Gasteiger partial charge on any atom is 0.573 e. The molecule has 0 aliphatic carbocycles. The van der Waals surface area contributed by atoms with Crippen molar-refractivity contribution in [3.8, 4) is 5.75 Å². The molecule has 0 amide bonds. The van der Waals surface area contributed by atoms with E-state index in [1.165, 1.54) is 0 Å². The molecule has 17 heavy (non-hydrogen) atoms. The lowest BCUT2D eigenvalue weighted by Gasteiger charge is -2.18. The molecule has 0 saturated heterocycles. The zero-order valence-corrected chi connectivity index (χ0v) is 9.79. The summed E-state index contributed by atoms with van der Waals surface area (Å²) in [6, 6.07) is 1.68. The second-order valence-electron chi connectivity index (χ2n) is 3.09. The summed E-state index contributed by atoms with van der Waals surface area (Å²) >= 11 is 2.82. The number of halogens is 7. The van der Waals surface area contributed by atoms with Crippen LogP contribution < -0.4 is 4.74 Å². The van der Waals surface area contributed by atoms with Gasteiger partial charge in [-0.2, -0.15) is 13.2 Å². The van der Waals surface area contributed by atoms with Crippen molar-refractivity contribution in [1.82, 2.24) is 0 Å². The number of hydrogen-bond donors (Lipinski definition) is 0. The van der Waals surface area contributed by atoms with Crippen molar-refractivity contribution in [2.75, 3.05) is 0 Å². The van der Waals surface area contributed by atoms with Gasteiger partial charge in [0.1, 0.15) is 11.3 Å². The molecular formula is C9H5BrF6O. The number of hydrogen-bond acceptors (Lipinski definition) is 1. The lowest BCUT2D eigenvalue weighted by atomic mass is 10.1. The molecule has 0 radical (unpaired) electrons. The van der Waals surface area contributed by atoms with E-state index in [9.17, 15) is 26.3 Å². The first-order valence-electron chi connectivity index (χ1n) is 4.14. The number of benzene rings is 1. The molecule has 0 heterocycles. The van der Waals surface area contributed by atoms with E-state index in [-0.39, 0.29) is 10.0 Å². The van der Waals surface area contributed by atoms with Gasteiger partial charge in [-0.25, -0.2) is 0 Å². The fraction of sp³-hybridized carbons (Fsp3) is 0.333. The van der Waals surface area contributed by atoms with Crippen LogP contribution in [0.4, 0.5) is 26.3 Å². The third kappa shape index (κ3) is 3.52. The Morgan fingerprint density at radius 3 is 2.00 bits per heavy atom. The fourth-order valence-corrected chi connectivity index (χ4v) is 1.55. The molecule has 0 aliphatic rings. The Labute approximate surface area is 101 Å². The molecule has 0 saturated carbocycles. The van der Waals surface area contributed by atoms with Gasteiger partial charge in [0.2, 0.25) is 0 Å². The highest BCUT2D eigenvalue weighted by Crippen LogP contribution is 2.42. The van der Waals surface area contributed by atoms with E-state index in [0.717, 1.165) is 13.0 Å². The van der Waals surface area contributed by atoms with Crippen molar-refractivity contribution in [2.45, 2.75) is 19.5 Å². The summed E-state index contributed by atoms with van der Waals surface area (Å²) < 4.78 is 77.0. The summed E-state index contributed by atoms with van der Waals surface area (Å²) in [5.74, 6) is -1.26. The van der Waals surface area contributed by atoms with E-state index in [4.69, 9.17) is 0 Å². The third-order valence-electron chi connectivity index (χ3n) is 1.87. The number of rotatable bonds is 1. The summed E-state index contributed by atoms with van der Waals surface area (Å²) in [5, 5.41) is 0. The highest BCUT2D eigenvalue weighted by atomic mass is 79.9. The maximum atomic E-state index is 12.6. The molecule has 0 fully saturated rings. The van der Waals surface area contributed by atoms with Crippen molar-refractivity contribution < 1.29 is 31.1 Å². The monoisotopic (exact) mass is 322 g/mol. The van der Waals surface area contributed by atoms with Gasteiger partial charge >= 0.3 is 12.5 Å². The SMILES string of the molecule is Cc1c(Br)ccc(OC(F)(F)F)c1C(F)(F)F. The summed E-state index contributed by atoms with van der Waals surface area (Å²) in [6.45, 7) is 1.05. The van der Waals surface area contributed by atoms with Gasteiger partial charge in [0, 0.05) is 4.47 Å². The predicted octanol–water partition coefficient (Wildman–Crippen LogP) is 4.67. The van der Waals surface area contributed by atoms with Crippen LogP contribution in [-0.4, -0.2) is 6.36 Å². The predicted molar refractivity (Wildman–Crippen MR) is 50.6 cm³/mol. The van der Waals surface area contributed by atoms with Crippen LogP contribution in [0.3, 0.4) is 0 Å². The first-order valence-corrected chi connectivity index (χ1v) is 4.93. The lowest BCUT2D eigenvalue weighted by molar-refractivity contribution is -0.276. The normalized spacial score (nSPS) is 12.7. The molecule has 1 rings (SSSR count). The molecule has 1 aromatic carbocycles. The summed E-state index contributed by atoms with van der Waals surface area (Å²) in [7, 11) is 0. The van der Waals surface area contributed by atoms with Crippen LogP contribution in [-0.2, 0) is 6.18 Å². The quantitative estimate of drug-likeness (QED) is 0.682. The minimum Gasteiger partial charge on any atom is -0.405 e. The average molecular weight is 323 g/mol. The van der Waals surface area contributed by atoms with Crippen molar-refractivity contribution >= 4 is 15.9 Å². The molecule has 0 atom stereocenters. The Morgan fingerprint density at radius 2 is 1.59 bits per heavy atom. The zero-order chi connectivity index (χ0) is 13.4. The van der Waals surface area contributed by atoms with E-state index < -0.39 is 23.9 Å². The second kappa shape index (κ2) is 4.40. The molecule has 96 valence electrons. The van der Waals surface area contributed by atoms with Crippen molar-refractivity contribution in [3.63, 3.8) is 0 Å². The van der Waals surface area contributed by atoms with Crippen molar-refractivity contribution in [3.05, 3.63) is 27.7 Å². The third-order valence-corrected chi connectivity index (χ3v) is 2.73. The van der Waals surface area contributed by atoms with Crippen molar-refractivity contribution in [2.24, 2.45) is 0 Å². The minimum absolute atomic E-state index is 0.0550. The van der Waals surface area contributed by atoms with Crippen LogP contribution in [0.1, 0.15) is 11.1 Å². The van der Waals surface area contributed by atoms with E-state index in [1.807, 2.05) is 0 Å². The highest BCUT2D eigenvalue weighted by Gasteiger charge is 2.40. The molecule has 1 nitrogen and oxygen atoms in total. The van der Waals surface area contributed by atoms with Gasteiger partial charge in [-0.1, -0.05) is 15.9 Å². The fourth-order valence-electron chi connectivity index (χ4n) is 1.22. The van der Waals surface area contributed by atoms with Crippen LogP contribution in [0, 0.1) is 6.92 Å². The van der Waals surface area contributed by atoms with Crippen LogP contribution in [0.25, 0.3) is 0 Å². The topological polar surface area (TPSA) is 9.23 Å². The van der Waals surface area contributed by atoms with Crippen LogP contribution in [0.2, 0.25) is 0 Å². The Hall–Kier alpha value is -0.920. The van der Waals surface area contributed by atoms with Crippen LogP contribution in [0.15, 0.2) is 16.6 Å². The lowest BCUT2D eigenvalue weighted by Crippen LogP contribution is -2.20. The van der Waals surface area contributed by atoms with Crippen molar-refractivity contribution in [1.29, 1.82) is 0 Å². The zero-order valence-electron chi connectivity index (χ0n) is 8.21. The Bertz CT molecular complexity index is 423. The number of ether oxygens (including phenoxy) is 1. The molecule has 8 heteroatoms. The molecule has 0 unspecified atom stereocenters. The minimum atomic E-state index is -5.17. The first-order chi connectivity index (χ1) is 7.52. The highest BCUT2D eigenvalue weighted by molar-refractivity contribution is 9.10. The molecule has 0 bridgehead atoms. The molecule has 0 aliphatic heterocycles. The average Bonchev–Trinajstić information content (AvgIpc) is 2.06. The van der Waals surface area contributed by atoms with Gasteiger partial charge in [-0.15, -0.1) is 13.2 Å². The maximum absolute atomic E-state index is 12.6. The standard InChI is InChI=1S/C9H5BrF6O/c1-4-5(10)2-3-6(17-9(14,15)16)7(4)8(11,12)13/h2-3H,1H3.